The lowest BCUT2D eigenvalue weighted by molar-refractivity contribution is -0.160. The molecule has 1 aromatic rings. The topological polar surface area (TPSA) is 79.3 Å². The number of rotatable bonds is 4. The minimum Gasteiger partial charge on any atom is -0.460 e. The lowest BCUT2D eigenvalue weighted by Gasteiger charge is -2.37. The number of aliphatic hydroxyl groups excluding tert-OH is 1. The van der Waals surface area contributed by atoms with Crippen LogP contribution < -0.4 is 4.90 Å². The Morgan fingerprint density at radius 2 is 1.61 bits per heavy atom. The maximum absolute atomic E-state index is 16.0. The average molecular weight is 547 g/mol. The summed E-state index contributed by atoms with van der Waals surface area (Å²) in [6, 6.07) is 3.10. The molecule has 0 spiro atoms. The van der Waals surface area contributed by atoms with E-state index in [1.54, 1.807) is 46.4 Å². The molecule has 2 fully saturated rings. The fourth-order valence-electron chi connectivity index (χ4n) is 4.91. The molecule has 3 rings (SSSR count). The van der Waals surface area contributed by atoms with E-state index in [4.69, 9.17) is 9.47 Å². The average Bonchev–Trinajstić information content (AvgIpc) is 3.14. The molecule has 0 aromatic heterocycles. The number of alkyl halides is 4. The highest BCUT2D eigenvalue weighted by molar-refractivity contribution is 5.73. The number of hydrogen-bond donors (Lipinski definition) is 1. The molecule has 2 atom stereocenters. The van der Waals surface area contributed by atoms with Crippen molar-refractivity contribution in [3.63, 3.8) is 0 Å². The van der Waals surface area contributed by atoms with Gasteiger partial charge in [-0.15, -0.1) is 0 Å². The third-order valence-corrected chi connectivity index (χ3v) is 6.70. The van der Waals surface area contributed by atoms with Crippen LogP contribution in [0.3, 0.4) is 0 Å². The molecular weight excluding hydrogens is 508 g/mol. The van der Waals surface area contributed by atoms with E-state index in [-0.39, 0.29) is 36.9 Å². The molecule has 2 aliphatic rings. The molecule has 0 radical (unpaired) electrons. The van der Waals surface area contributed by atoms with Crippen molar-refractivity contribution in [1.82, 2.24) is 4.90 Å². The molecule has 38 heavy (non-hydrogen) atoms. The minimum atomic E-state index is -4.62. The molecule has 2 heterocycles. The number of likely N-dealkylation sites (tertiary alicyclic amines) is 1. The predicted octanol–water partition coefficient (Wildman–Crippen LogP) is 5.30. The summed E-state index contributed by atoms with van der Waals surface area (Å²) in [6.45, 7) is 9.29. The quantitative estimate of drug-likeness (QED) is 0.408. The van der Waals surface area contributed by atoms with Gasteiger partial charge in [0.2, 0.25) is 0 Å². The van der Waals surface area contributed by atoms with E-state index in [9.17, 15) is 27.9 Å². The largest absolute Gasteiger partial charge is 0.460 e. The Morgan fingerprint density at radius 3 is 2.11 bits per heavy atom. The van der Waals surface area contributed by atoms with Gasteiger partial charge >= 0.3 is 18.2 Å². The molecule has 7 nitrogen and oxygen atoms in total. The van der Waals surface area contributed by atoms with Gasteiger partial charge in [0.15, 0.2) is 5.67 Å². The number of benzene rings is 1. The minimum absolute atomic E-state index is 0.168. The van der Waals surface area contributed by atoms with Crippen LogP contribution in [0.5, 0.6) is 0 Å². The first kappa shape index (κ1) is 30.0. The Labute approximate surface area is 221 Å². The number of piperidine rings is 1. The smallest absolute Gasteiger partial charge is 0.416 e. The zero-order valence-corrected chi connectivity index (χ0v) is 22.8. The first-order valence-electron chi connectivity index (χ1n) is 12.8. The Bertz CT molecular complexity index is 1030. The van der Waals surface area contributed by atoms with Crippen molar-refractivity contribution in [3.05, 3.63) is 29.3 Å². The van der Waals surface area contributed by atoms with Crippen molar-refractivity contribution in [2.24, 2.45) is 5.92 Å². The predicted molar refractivity (Wildman–Crippen MR) is 134 cm³/mol. The van der Waals surface area contributed by atoms with Crippen LogP contribution in [0.25, 0.3) is 0 Å². The van der Waals surface area contributed by atoms with Gasteiger partial charge in [0.05, 0.1) is 24.6 Å². The number of amides is 1. The third-order valence-electron chi connectivity index (χ3n) is 6.70. The maximum atomic E-state index is 16.0. The van der Waals surface area contributed by atoms with E-state index in [1.807, 2.05) is 0 Å². The summed E-state index contributed by atoms with van der Waals surface area (Å²) in [5, 5.41) is 9.96. The van der Waals surface area contributed by atoms with Gasteiger partial charge in [0.1, 0.15) is 11.2 Å². The van der Waals surface area contributed by atoms with Gasteiger partial charge in [0.25, 0.3) is 0 Å². The number of nitrogens with zero attached hydrogens (tertiary/aromatic N) is 2. The van der Waals surface area contributed by atoms with Gasteiger partial charge in [0, 0.05) is 31.2 Å². The van der Waals surface area contributed by atoms with Crippen LogP contribution in [0.2, 0.25) is 0 Å². The van der Waals surface area contributed by atoms with Crippen molar-refractivity contribution in [3.8, 4) is 0 Å². The zero-order valence-electron chi connectivity index (χ0n) is 22.8. The number of esters is 1. The van der Waals surface area contributed by atoms with E-state index in [0.29, 0.717) is 12.8 Å². The third kappa shape index (κ3) is 7.09. The van der Waals surface area contributed by atoms with Gasteiger partial charge in [-0.3, -0.25) is 4.79 Å². The molecule has 1 N–H and O–H groups in total. The lowest BCUT2D eigenvalue weighted by Crippen LogP contribution is -2.41. The Hall–Kier alpha value is -2.56. The highest BCUT2D eigenvalue weighted by Gasteiger charge is 2.51. The van der Waals surface area contributed by atoms with Gasteiger partial charge < -0.3 is 24.4 Å². The molecule has 214 valence electrons. The second-order valence-electron chi connectivity index (χ2n) is 12.2. The molecule has 0 unspecified atom stereocenters. The first-order valence-corrected chi connectivity index (χ1v) is 12.8. The fourth-order valence-corrected chi connectivity index (χ4v) is 4.91. The molecule has 1 amide bonds. The molecule has 0 bridgehead atoms. The van der Waals surface area contributed by atoms with Gasteiger partial charge in [-0.25, -0.2) is 9.18 Å². The van der Waals surface area contributed by atoms with Gasteiger partial charge in [-0.2, -0.15) is 13.2 Å². The fraction of sp³-hybridized carbons (Fsp3) is 0.704. The molecular formula is C27H38F4N2O5. The van der Waals surface area contributed by atoms with Crippen molar-refractivity contribution in [2.45, 2.75) is 83.3 Å². The van der Waals surface area contributed by atoms with E-state index in [1.165, 1.54) is 6.07 Å². The molecule has 0 aliphatic carbocycles. The molecule has 2 saturated heterocycles. The molecule has 11 heteroatoms. The van der Waals surface area contributed by atoms with Crippen LogP contribution in [-0.4, -0.2) is 71.7 Å². The summed E-state index contributed by atoms with van der Waals surface area (Å²) in [6.07, 6.45) is -4.66. The summed E-state index contributed by atoms with van der Waals surface area (Å²) in [4.78, 5) is 28.0. The summed E-state index contributed by atoms with van der Waals surface area (Å²) < 4.78 is 67.8. The lowest BCUT2D eigenvalue weighted by atomic mass is 9.84. The van der Waals surface area contributed by atoms with Gasteiger partial charge in [-0.05, 0) is 72.1 Å². The van der Waals surface area contributed by atoms with Crippen LogP contribution in [0.1, 0.15) is 71.4 Å². The molecule has 1 aromatic carbocycles. The molecule has 2 aliphatic heterocycles. The summed E-state index contributed by atoms with van der Waals surface area (Å²) in [7, 11) is 0. The highest BCUT2D eigenvalue weighted by Crippen LogP contribution is 2.45. The summed E-state index contributed by atoms with van der Waals surface area (Å²) in [5.41, 5.74) is -4.21. The second kappa shape index (κ2) is 10.5. The number of halogens is 4. The van der Waals surface area contributed by atoms with E-state index in [0.717, 1.165) is 17.0 Å². The van der Waals surface area contributed by atoms with Crippen molar-refractivity contribution in [1.29, 1.82) is 0 Å². The van der Waals surface area contributed by atoms with E-state index >= 15 is 4.39 Å². The number of carbonyl (C=O) groups excluding carboxylic acids is 2. The van der Waals surface area contributed by atoms with Crippen LogP contribution in [0, 0.1) is 5.92 Å². The Kier molecular flexibility index (Phi) is 8.32. The van der Waals surface area contributed by atoms with Crippen molar-refractivity contribution < 1.29 is 41.7 Å². The van der Waals surface area contributed by atoms with Crippen LogP contribution in [-0.2, 0) is 20.4 Å². The highest BCUT2D eigenvalue weighted by atomic mass is 19.4. The second-order valence-corrected chi connectivity index (χ2v) is 12.2. The summed E-state index contributed by atoms with van der Waals surface area (Å²) >= 11 is 0. The van der Waals surface area contributed by atoms with E-state index in [2.05, 4.69) is 0 Å². The SMILES string of the molecule is CC(C)(C)OC(=O)C1CCN(c2cc(C(F)(F)F)ccc2[C@H]2CN(C(=O)OC(C)(C)C)C[C@]2(F)CO)CC1. The monoisotopic (exact) mass is 546 g/mol. The Balaban J connectivity index is 1.92. The van der Waals surface area contributed by atoms with Crippen LogP contribution in [0.15, 0.2) is 18.2 Å². The van der Waals surface area contributed by atoms with Crippen LogP contribution in [0.4, 0.5) is 28.0 Å². The van der Waals surface area contributed by atoms with Crippen LogP contribution >= 0.6 is 0 Å². The molecule has 0 saturated carbocycles. The zero-order chi connectivity index (χ0) is 28.7. The van der Waals surface area contributed by atoms with Gasteiger partial charge in [-0.1, -0.05) is 6.07 Å². The van der Waals surface area contributed by atoms with E-state index < -0.39 is 59.7 Å². The number of carbonyl (C=O) groups is 2. The first-order chi connectivity index (χ1) is 17.3. The van der Waals surface area contributed by atoms with Crippen molar-refractivity contribution >= 4 is 17.7 Å². The number of anilines is 1. The maximum Gasteiger partial charge on any atom is 0.416 e. The number of aliphatic hydroxyl groups is 1. The number of hydrogen-bond acceptors (Lipinski definition) is 6. The van der Waals surface area contributed by atoms with Crippen molar-refractivity contribution in [2.75, 3.05) is 37.7 Å². The number of ether oxygens (including phenoxy) is 2. The Morgan fingerprint density at radius 1 is 1.03 bits per heavy atom. The standard InChI is InChI=1S/C27H38F4N2O5/c1-24(2,3)37-22(35)17-9-11-32(12-10-17)21-13-18(27(29,30)31)7-8-19(21)20-14-33(15-26(20,28)16-34)23(36)38-25(4,5)6/h7-8,13,17,20,34H,9-12,14-16H2,1-6H3/t20-,26+/m1/s1. The normalized spacial score (nSPS) is 23.5. The summed E-state index contributed by atoms with van der Waals surface area (Å²) in [5.74, 6) is -1.83.